The molecule has 0 saturated carbocycles. The second-order valence-electron chi connectivity index (χ2n) is 5.49. The molecule has 0 unspecified atom stereocenters. The zero-order valence-corrected chi connectivity index (χ0v) is 13.9. The van der Waals surface area contributed by atoms with Gasteiger partial charge in [-0.1, -0.05) is 24.3 Å². The van der Waals surface area contributed by atoms with Crippen LogP contribution in [0.2, 0.25) is 0 Å². The minimum atomic E-state index is -0.209. The number of hydrogen-bond acceptors (Lipinski definition) is 2. The highest BCUT2D eigenvalue weighted by molar-refractivity contribution is 5.79. The predicted molar refractivity (Wildman–Crippen MR) is 95.9 cm³/mol. The molecule has 0 aliphatic heterocycles. The van der Waals surface area contributed by atoms with Crippen molar-refractivity contribution in [2.75, 3.05) is 19.6 Å². The Kier molecular flexibility index (Phi) is 7.08. The van der Waals surface area contributed by atoms with E-state index in [1.165, 1.54) is 6.07 Å². The van der Waals surface area contributed by atoms with Gasteiger partial charge < -0.3 is 15.7 Å². The van der Waals surface area contributed by atoms with Gasteiger partial charge in [0.05, 0.1) is 0 Å². The molecule has 0 saturated heterocycles. The first kappa shape index (κ1) is 17.8. The van der Waals surface area contributed by atoms with E-state index in [1.807, 2.05) is 25.1 Å². The van der Waals surface area contributed by atoms with Gasteiger partial charge in [-0.05, 0) is 55.2 Å². The number of rotatable bonds is 7. The van der Waals surface area contributed by atoms with Crippen molar-refractivity contribution < 1.29 is 9.50 Å². The fourth-order valence-electron chi connectivity index (χ4n) is 2.37. The Morgan fingerprint density at radius 3 is 2.50 bits per heavy atom. The van der Waals surface area contributed by atoms with E-state index >= 15 is 0 Å². The zero-order chi connectivity index (χ0) is 17.2. The van der Waals surface area contributed by atoms with Crippen molar-refractivity contribution in [3.63, 3.8) is 0 Å². The number of phenolic OH excluding ortho intramolecular Hbond substituents is 1. The van der Waals surface area contributed by atoms with E-state index < -0.39 is 0 Å². The van der Waals surface area contributed by atoms with Crippen LogP contribution in [0, 0.1) is 5.82 Å². The van der Waals surface area contributed by atoms with Gasteiger partial charge in [0, 0.05) is 19.6 Å². The molecule has 24 heavy (non-hydrogen) atoms. The minimum Gasteiger partial charge on any atom is -0.508 e. The number of phenols is 1. The molecule has 2 rings (SSSR count). The van der Waals surface area contributed by atoms with Crippen LogP contribution in [0.25, 0.3) is 0 Å². The molecule has 0 amide bonds. The SMILES string of the molecule is CCNC(=NCCc1cccc(O)c1)NCCc1cccc(F)c1. The molecule has 0 radical (unpaired) electrons. The van der Waals surface area contributed by atoms with Crippen molar-refractivity contribution in [3.05, 3.63) is 65.5 Å². The van der Waals surface area contributed by atoms with Gasteiger partial charge in [0.25, 0.3) is 0 Å². The van der Waals surface area contributed by atoms with Gasteiger partial charge in [0.2, 0.25) is 0 Å². The van der Waals surface area contributed by atoms with E-state index in [0.29, 0.717) is 13.1 Å². The van der Waals surface area contributed by atoms with Gasteiger partial charge in [-0.3, -0.25) is 4.99 Å². The third-order valence-corrected chi connectivity index (χ3v) is 3.52. The van der Waals surface area contributed by atoms with Crippen LogP contribution in [0.1, 0.15) is 18.1 Å². The molecule has 4 nitrogen and oxygen atoms in total. The van der Waals surface area contributed by atoms with E-state index in [-0.39, 0.29) is 11.6 Å². The summed E-state index contributed by atoms with van der Waals surface area (Å²) in [5.41, 5.74) is 2.01. The molecule has 0 heterocycles. The van der Waals surface area contributed by atoms with Gasteiger partial charge in [0.15, 0.2) is 5.96 Å². The quantitative estimate of drug-likeness (QED) is 0.541. The second-order valence-corrected chi connectivity index (χ2v) is 5.49. The zero-order valence-electron chi connectivity index (χ0n) is 13.9. The first-order valence-electron chi connectivity index (χ1n) is 8.22. The van der Waals surface area contributed by atoms with Gasteiger partial charge in [-0.25, -0.2) is 4.39 Å². The molecule has 2 aromatic rings. The molecule has 0 aliphatic rings. The summed E-state index contributed by atoms with van der Waals surface area (Å²) >= 11 is 0. The molecular formula is C19H24FN3O. The third kappa shape index (κ3) is 6.28. The first-order valence-corrected chi connectivity index (χ1v) is 8.22. The van der Waals surface area contributed by atoms with Crippen molar-refractivity contribution in [2.45, 2.75) is 19.8 Å². The predicted octanol–water partition coefficient (Wildman–Crippen LogP) is 2.87. The fourth-order valence-corrected chi connectivity index (χ4v) is 2.37. The number of benzene rings is 2. The summed E-state index contributed by atoms with van der Waals surface area (Å²) in [5, 5.41) is 15.9. The molecule has 5 heteroatoms. The maximum Gasteiger partial charge on any atom is 0.191 e. The highest BCUT2D eigenvalue weighted by Crippen LogP contribution is 2.11. The Bertz CT molecular complexity index is 673. The number of nitrogens with zero attached hydrogens (tertiary/aromatic N) is 1. The monoisotopic (exact) mass is 329 g/mol. The second kappa shape index (κ2) is 9.55. The first-order chi connectivity index (χ1) is 11.7. The van der Waals surface area contributed by atoms with Crippen molar-refractivity contribution in [1.82, 2.24) is 10.6 Å². The molecule has 0 bridgehead atoms. The van der Waals surface area contributed by atoms with Crippen LogP contribution in [0.15, 0.2) is 53.5 Å². The summed E-state index contributed by atoms with van der Waals surface area (Å²) in [7, 11) is 0. The summed E-state index contributed by atoms with van der Waals surface area (Å²) in [4.78, 5) is 4.53. The van der Waals surface area contributed by atoms with Gasteiger partial charge in [-0.2, -0.15) is 0 Å². The van der Waals surface area contributed by atoms with Crippen LogP contribution in [0.5, 0.6) is 5.75 Å². The molecular weight excluding hydrogens is 305 g/mol. The maximum absolute atomic E-state index is 13.2. The molecule has 0 spiro atoms. The Morgan fingerprint density at radius 2 is 1.79 bits per heavy atom. The van der Waals surface area contributed by atoms with E-state index in [0.717, 1.165) is 36.5 Å². The van der Waals surface area contributed by atoms with Crippen molar-refractivity contribution in [1.29, 1.82) is 0 Å². The Labute approximate surface area is 142 Å². The average Bonchev–Trinajstić information content (AvgIpc) is 2.55. The Balaban J connectivity index is 1.81. The number of aromatic hydroxyl groups is 1. The van der Waals surface area contributed by atoms with Crippen LogP contribution in [-0.4, -0.2) is 30.7 Å². The number of nitrogens with one attached hydrogen (secondary N) is 2. The van der Waals surface area contributed by atoms with Gasteiger partial charge >= 0.3 is 0 Å². The Morgan fingerprint density at radius 1 is 1.04 bits per heavy atom. The molecule has 128 valence electrons. The number of hydrogen-bond donors (Lipinski definition) is 3. The highest BCUT2D eigenvalue weighted by atomic mass is 19.1. The third-order valence-electron chi connectivity index (χ3n) is 3.52. The fraction of sp³-hybridized carbons (Fsp3) is 0.316. The van der Waals surface area contributed by atoms with Crippen LogP contribution < -0.4 is 10.6 Å². The summed E-state index contributed by atoms with van der Waals surface area (Å²) in [6, 6.07) is 13.8. The smallest absolute Gasteiger partial charge is 0.191 e. The summed E-state index contributed by atoms with van der Waals surface area (Å²) < 4.78 is 13.2. The van der Waals surface area contributed by atoms with E-state index in [1.54, 1.807) is 24.3 Å². The normalized spacial score (nSPS) is 11.3. The average molecular weight is 329 g/mol. The van der Waals surface area contributed by atoms with Crippen LogP contribution in [0.4, 0.5) is 4.39 Å². The van der Waals surface area contributed by atoms with E-state index in [9.17, 15) is 9.50 Å². The van der Waals surface area contributed by atoms with Crippen LogP contribution >= 0.6 is 0 Å². The van der Waals surface area contributed by atoms with Gasteiger partial charge in [0.1, 0.15) is 11.6 Å². The van der Waals surface area contributed by atoms with Crippen LogP contribution in [0.3, 0.4) is 0 Å². The molecule has 2 aromatic carbocycles. The molecule has 0 fully saturated rings. The lowest BCUT2D eigenvalue weighted by atomic mass is 10.1. The van der Waals surface area contributed by atoms with Crippen molar-refractivity contribution in [3.8, 4) is 5.75 Å². The summed E-state index contributed by atoms with van der Waals surface area (Å²) in [5.74, 6) is 0.810. The number of halogens is 1. The molecule has 3 N–H and O–H groups in total. The van der Waals surface area contributed by atoms with Crippen molar-refractivity contribution in [2.24, 2.45) is 4.99 Å². The van der Waals surface area contributed by atoms with E-state index in [2.05, 4.69) is 15.6 Å². The summed E-state index contributed by atoms with van der Waals surface area (Å²) in [6.07, 6.45) is 1.49. The van der Waals surface area contributed by atoms with Gasteiger partial charge in [-0.15, -0.1) is 0 Å². The Hall–Kier alpha value is -2.56. The lowest BCUT2D eigenvalue weighted by Gasteiger charge is -2.11. The van der Waals surface area contributed by atoms with Crippen LogP contribution in [-0.2, 0) is 12.8 Å². The maximum atomic E-state index is 13.2. The lowest BCUT2D eigenvalue weighted by molar-refractivity contribution is 0.474. The summed E-state index contributed by atoms with van der Waals surface area (Å²) in [6.45, 7) is 4.09. The number of guanidine groups is 1. The number of aliphatic imine (C=N–C) groups is 1. The topological polar surface area (TPSA) is 56.7 Å². The lowest BCUT2D eigenvalue weighted by Crippen LogP contribution is -2.38. The van der Waals surface area contributed by atoms with Crippen molar-refractivity contribution >= 4 is 5.96 Å². The minimum absolute atomic E-state index is 0.209. The molecule has 0 aromatic heterocycles. The standard InChI is InChI=1S/C19H24FN3O/c1-2-21-19(22-11-9-15-5-3-7-17(20)13-15)23-12-10-16-6-4-8-18(24)14-16/h3-8,13-14,24H,2,9-12H2,1H3,(H2,21,22,23). The van der Waals surface area contributed by atoms with E-state index in [4.69, 9.17) is 0 Å². The molecule has 0 aliphatic carbocycles. The largest absolute Gasteiger partial charge is 0.508 e. The molecule has 0 atom stereocenters. The highest BCUT2D eigenvalue weighted by Gasteiger charge is 2.00.